The van der Waals surface area contributed by atoms with E-state index in [1.807, 2.05) is 37.4 Å². The predicted molar refractivity (Wildman–Crippen MR) is 81.7 cm³/mol. The number of hydrogen-bond acceptors (Lipinski definition) is 4. The van der Waals surface area contributed by atoms with Crippen LogP contribution in [-0.2, 0) is 6.54 Å². The standard InChI is InChI=1S/C16H17N3O/c1-11-12(6-8-20-11)10-19(2)16-4-3-15(17)14-9-18-7-5-13(14)16/h3-9H,10,17H2,1-2H3. The molecule has 0 amide bonds. The highest BCUT2D eigenvalue weighted by molar-refractivity contribution is 6.00. The molecule has 2 aromatic heterocycles. The molecule has 0 unspecified atom stereocenters. The van der Waals surface area contributed by atoms with Crippen LogP contribution in [-0.4, -0.2) is 12.0 Å². The van der Waals surface area contributed by atoms with E-state index in [2.05, 4.69) is 16.9 Å². The Balaban J connectivity index is 2.02. The minimum absolute atomic E-state index is 0.754. The summed E-state index contributed by atoms with van der Waals surface area (Å²) in [7, 11) is 2.07. The second-order valence-corrected chi connectivity index (χ2v) is 4.95. The monoisotopic (exact) mass is 267 g/mol. The van der Waals surface area contributed by atoms with Gasteiger partial charge in [-0.25, -0.2) is 0 Å². The van der Waals surface area contributed by atoms with Crippen LogP contribution in [0.25, 0.3) is 10.8 Å². The maximum atomic E-state index is 6.01. The molecule has 3 rings (SSSR count). The van der Waals surface area contributed by atoms with Crippen LogP contribution < -0.4 is 10.6 Å². The molecule has 0 atom stereocenters. The number of hydrogen-bond donors (Lipinski definition) is 1. The Kier molecular flexibility index (Phi) is 3.06. The van der Waals surface area contributed by atoms with Gasteiger partial charge in [-0.2, -0.15) is 0 Å². The number of aryl methyl sites for hydroxylation is 1. The first kappa shape index (κ1) is 12.5. The van der Waals surface area contributed by atoms with Crippen LogP contribution in [0, 0.1) is 6.92 Å². The Morgan fingerprint density at radius 3 is 2.80 bits per heavy atom. The van der Waals surface area contributed by atoms with Gasteiger partial charge in [0.1, 0.15) is 5.76 Å². The largest absolute Gasteiger partial charge is 0.469 e. The molecule has 0 aliphatic rings. The van der Waals surface area contributed by atoms with E-state index < -0.39 is 0 Å². The molecule has 4 nitrogen and oxygen atoms in total. The Hall–Kier alpha value is -2.49. The van der Waals surface area contributed by atoms with Crippen molar-refractivity contribution in [1.29, 1.82) is 0 Å². The number of anilines is 2. The topological polar surface area (TPSA) is 55.3 Å². The van der Waals surface area contributed by atoms with E-state index in [4.69, 9.17) is 10.2 Å². The summed E-state index contributed by atoms with van der Waals surface area (Å²) in [6.45, 7) is 2.78. The van der Waals surface area contributed by atoms with E-state index in [0.29, 0.717) is 0 Å². The lowest BCUT2D eigenvalue weighted by Gasteiger charge is -2.21. The normalized spacial score (nSPS) is 10.9. The fourth-order valence-corrected chi connectivity index (χ4v) is 2.44. The van der Waals surface area contributed by atoms with Crippen molar-refractivity contribution in [1.82, 2.24) is 4.98 Å². The molecule has 2 heterocycles. The Labute approximate surface area is 117 Å². The van der Waals surface area contributed by atoms with Crippen LogP contribution in [0.4, 0.5) is 11.4 Å². The van der Waals surface area contributed by atoms with Crippen molar-refractivity contribution < 1.29 is 4.42 Å². The van der Waals surface area contributed by atoms with Gasteiger partial charge in [0, 0.05) is 53.7 Å². The second kappa shape index (κ2) is 4.89. The predicted octanol–water partition coefficient (Wildman–Crippen LogP) is 3.35. The SMILES string of the molecule is Cc1occc1CN(C)c1ccc(N)c2cnccc12. The smallest absolute Gasteiger partial charge is 0.105 e. The van der Waals surface area contributed by atoms with Gasteiger partial charge in [-0.3, -0.25) is 4.98 Å². The van der Waals surface area contributed by atoms with Crippen molar-refractivity contribution in [2.75, 3.05) is 17.7 Å². The first-order valence-electron chi connectivity index (χ1n) is 6.53. The molecular formula is C16H17N3O. The number of nitrogen functional groups attached to an aromatic ring is 1. The highest BCUT2D eigenvalue weighted by Crippen LogP contribution is 2.30. The molecule has 0 saturated carbocycles. The molecule has 3 aromatic rings. The lowest BCUT2D eigenvalue weighted by Crippen LogP contribution is -2.17. The molecule has 0 radical (unpaired) electrons. The number of rotatable bonds is 3. The van der Waals surface area contributed by atoms with Crippen molar-refractivity contribution >= 4 is 22.1 Å². The minimum Gasteiger partial charge on any atom is -0.469 e. The zero-order chi connectivity index (χ0) is 14.1. The molecule has 0 spiro atoms. The zero-order valence-corrected chi connectivity index (χ0v) is 11.6. The number of aromatic nitrogens is 1. The van der Waals surface area contributed by atoms with E-state index in [9.17, 15) is 0 Å². The molecule has 2 N–H and O–H groups in total. The van der Waals surface area contributed by atoms with E-state index in [1.54, 1.807) is 12.5 Å². The van der Waals surface area contributed by atoms with E-state index in [-0.39, 0.29) is 0 Å². The fourth-order valence-electron chi connectivity index (χ4n) is 2.44. The van der Waals surface area contributed by atoms with E-state index in [1.165, 1.54) is 5.56 Å². The fraction of sp³-hybridized carbons (Fsp3) is 0.188. The summed E-state index contributed by atoms with van der Waals surface area (Å²) in [5.41, 5.74) is 9.09. The molecule has 0 fully saturated rings. The summed E-state index contributed by atoms with van der Waals surface area (Å²) in [5.74, 6) is 0.957. The summed E-state index contributed by atoms with van der Waals surface area (Å²) in [4.78, 5) is 6.34. The summed E-state index contributed by atoms with van der Waals surface area (Å²) in [6.07, 6.45) is 5.33. The van der Waals surface area contributed by atoms with Crippen LogP contribution in [0.1, 0.15) is 11.3 Å². The summed E-state index contributed by atoms with van der Waals surface area (Å²) in [6, 6.07) is 7.98. The quantitative estimate of drug-likeness (QED) is 0.739. The van der Waals surface area contributed by atoms with Crippen LogP contribution in [0.3, 0.4) is 0 Å². The van der Waals surface area contributed by atoms with Gasteiger partial charge in [-0.15, -0.1) is 0 Å². The van der Waals surface area contributed by atoms with Gasteiger partial charge in [0.25, 0.3) is 0 Å². The van der Waals surface area contributed by atoms with E-state index >= 15 is 0 Å². The van der Waals surface area contributed by atoms with Crippen molar-refractivity contribution in [2.24, 2.45) is 0 Å². The molecule has 0 bridgehead atoms. The molecular weight excluding hydrogens is 250 g/mol. The average molecular weight is 267 g/mol. The van der Waals surface area contributed by atoms with E-state index in [0.717, 1.165) is 34.5 Å². The van der Waals surface area contributed by atoms with Crippen molar-refractivity contribution in [2.45, 2.75) is 13.5 Å². The first-order valence-corrected chi connectivity index (χ1v) is 6.53. The maximum absolute atomic E-state index is 6.01. The van der Waals surface area contributed by atoms with Gasteiger partial charge in [0.15, 0.2) is 0 Å². The second-order valence-electron chi connectivity index (χ2n) is 4.95. The molecule has 20 heavy (non-hydrogen) atoms. The minimum atomic E-state index is 0.754. The van der Waals surface area contributed by atoms with Crippen LogP contribution in [0.5, 0.6) is 0 Å². The van der Waals surface area contributed by atoms with Gasteiger partial charge in [-0.05, 0) is 31.2 Å². The van der Waals surface area contributed by atoms with Gasteiger partial charge in [0.2, 0.25) is 0 Å². The summed E-state index contributed by atoms with van der Waals surface area (Å²) < 4.78 is 5.35. The molecule has 4 heteroatoms. The third kappa shape index (κ3) is 2.09. The van der Waals surface area contributed by atoms with Crippen LogP contribution >= 0.6 is 0 Å². The highest BCUT2D eigenvalue weighted by Gasteiger charge is 2.10. The molecule has 0 aliphatic carbocycles. The van der Waals surface area contributed by atoms with Crippen molar-refractivity contribution in [3.05, 3.63) is 54.2 Å². The Morgan fingerprint density at radius 2 is 2.05 bits per heavy atom. The van der Waals surface area contributed by atoms with Crippen LogP contribution in [0.2, 0.25) is 0 Å². The lowest BCUT2D eigenvalue weighted by atomic mass is 10.1. The molecule has 102 valence electrons. The number of fused-ring (bicyclic) bond motifs is 1. The number of pyridine rings is 1. The zero-order valence-electron chi connectivity index (χ0n) is 11.6. The van der Waals surface area contributed by atoms with Gasteiger partial charge in [0.05, 0.1) is 6.26 Å². The third-order valence-corrected chi connectivity index (χ3v) is 3.61. The summed E-state index contributed by atoms with van der Waals surface area (Å²) >= 11 is 0. The van der Waals surface area contributed by atoms with Crippen LogP contribution in [0.15, 0.2) is 47.3 Å². The maximum Gasteiger partial charge on any atom is 0.105 e. The number of benzene rings is 1. The number of nitrogens with two attached hydrogens (primary N) is 1. The summed E-state index contributed by atoms with van der Waals surface area (Å²) in [5, 5.41) is 2.10. The molecule has 0 saturated heterocycles. The van der Waals surface area contributed by atoms with Gasteiger partial charge >= 0.3 is 0 Å². The highest BCUT2D eigenvalue weighted by atomic mass is 16.3. The molecule has 0 aliphatic heterocycles. The number of furan rings is 1. The first-order chi connectivity index (χ1) is 9.66. The number of nitrogens with zero attached hydrogens (tertiary/aromatic N) is 2. The average Bonchev–Trinajstić information content (AvgIpc) is 2.85. The lowest BCUT2D eigenvalue weighted by molar-refractivity contribution is 0.529. The van der Waals surface area contributed by atoms with Gasteiger partial charge in [-0.1, -0.05) is 0 Å². The molecule has 1 aromatic carbocycles. The van der Waals surface area contributed by atoms with Gasteiger partial charge < -0.3 is 15.1 Å². The Bertz CT molecular complexity index is 748. The van der Waals surface area contributed by atoms with Crippen molar-refractivity contribution in [3.8, 4) is 0 Å². The van der Waals surface area contributed by atoms with Crippen molar-refractivity contribution in [3.63, 3.8) is 0 Å². The third-order valence-electron chi connectivity index (χ3n) is 3.61. The Morgan fingerprint density at radius 1 is 1.20 bits per heavy atom.